The summed E-state index contributed by atoms with van der Waals surface area (Å²) in [6.45, 7) is 14.4. The first-order valence-electron chi connectivity index (χ1n) is 8.56. The maximum absolute atomic E-state index is 4.68. The quantitative estimate of drug-likeness (QED) is 0.406. The molecule has 0 aliphatic carbocycles. The lowest BCUT2D eigenvalue weighted by molar-refractivity contribution is 0.265. The van der Waals surface area contributed by atoms with E-state index in [4.69, 9.17) is 0 Å². The second-order valence-corrected chi connectivity index (χ2v) is 6.69. The van der Waals surface area contributed by atoms with Crippen LogP contribution in [-0.2, 0) is 13.6 Å². The fraction of sp³-hybridized carbons (Fsp3) is 0.812. The summed E-state index contributed by atoms with van der Waals surface area (Å²) in [6, 6.07) is 1.02. The van der Waals surface area contributed by atoms with E-state index in [-0.39, 0.29) is 24.0 Å². The zero-order valence-electron chi connectivity index (χ0n) is 15.7. The molecule has 1 aromatic heterocycles. The number of aryl methyl sites for hydroxylation is 1. The van der Waals surface area contributed by atoms with E-state index >= 15 is 0 Å². The maximum Gasteiger partial charge on any atom is 0.191 e. The van der Waals surface area contributed by atoms with Crippen molar-refractivity contribution in [1.29, 1.82) is 0 Å². The van der Waals surface area contributed by atoms with Gasteiger partial charge in [-0.3, -0.25) is 4.90 Å². The first-order valence-corrected chi connectivity index (χ1v) is 8.56. The molecule has 24 heavy (non-hydrogen) atoms. The summed E-state index contributed by atoms with van der Waals surface area (Å²) in [5, 5.41) is 15.2. The summed E-state index contributed by atoms with van der Waals surface area (Å²) in [7, 11) is 1.97. The van der Waals surface area contributed by atoms with Gasteiger partial charge in [-0.2, -0.15) is 0 Å². The average Bonchev–Trinajstić information content (AvgIpc) is 3.02. The predicted octanol–water partition coefficient (Wildman–Crippen LogP) is 1.53. The molecule has 0 amide bonds. The lowest BCUT2D eigenvalue weighted by atomic mass is 10.1. The van der Waals surface area contributed by atoms with Crippen molar-refractivity contribution < 1.29 is 0 Å². The standard InChI is InChI=1S/C16H31N7.HI/c1-7-17-16(18-8-15-21-20-13(5)22(15)6)19-14-10-23(11(2)3)9-12(14)4;/h11-12,14H,7-10H2,1-6H3,(H2,17,18,19);1H. The Morgan fingerprint density at radius 3 is 2.54 bits per heavy atom. The van der Waals surface area contributed by atoms with Gasteiger partial charge in [-0.15, -0.1) is 34.2 Å². The fourth-order valence-corrected chi connectivity index (χ4v) is 2.85. The van der Waals surface area contributed by atoms with Crippen molar-refractivity contribution in [3.63, 3.8) is 0 Å². The summed E-state index contributed by atoms with van der Waals surface area (Å²) in [6.07, 6.45) is 0. The smallest absolute Gasteiger partial charge is 0.191 e. The molecule has 138 valence electrons. The minimum atomic E-state index is 0. The van der Waals surface area contributed by atoms with Crippen molar-refractivity contribution in [2.24, 2.45) is 18.0 Å². The van der Waals surface area contributed by atoms with Gasteiger partial charge in [-0.05, 0) is 33.6 Å². The molecule has 8 heteroatoms. The van der Waals surface area contributed by atoms with Crippen molar-refractivity contribution in [2.75, 3.05) is 19.6 Å². The summed E-state index contributed by atoms with van der Waals surface area (Å²) in [5.74, 6) is 3.25. The van der Waals surface area contributed by atoms with Gasteiger partial charge in [-0.1, -0.05) is 6.92 Å². The number of nitrogens with zero attached hydrogens (tertiary/aromatic N) is 5. The monoisotopic (exact) mass is 449 g/mol. The number of halogens is 1. The van der Waals surface area contributed by atoms with E-state index in [9.17, 15) is 0 Å². The number of hydrogen-bond acceptors (Lipinski definition) is 4. The van der Waals surface area contributed by atoms with Crippen LogP contribution < -0.4 is 10.6 Å². The number of aliphatic imine (C=N–C) groups is 1. The van der Waals surface area contributed by atoms with Crippen molar-refractivity contribution in [3.8, 4) is 0 Å². The van der Waals surface area contributed by atoms with Crippen LogP contribution in [-0.4, -0.2) is 57.3 Å². The van der Waals surface area contributed by atoms with Crippen LogP contribution in [0, 0.1) is 12.8 Å². The van der Waals surface area contributed by atoms with E-state index in [1.165, 1.54) is 0 Å². The number of guanidine groups is 1. The molecule has 0 aromatic carbocycles. The molecule has 2 unspecified atom stereocenters. The lowest BCUT2D eigenvalue weighted by Gasteiger charge is -2.21. The summed E-state index contributed by atoms with van der Waals surface area (Å²) < 4.78 is 1.98. The highest BCUT2D eigenvalue weighted by molar-refractivity contribution is 14.0. The summed E-state index contributed by atoms with van der Waals surface area (Å²) in [5.41, 5.74) is 0. The SMILES string of the molecule is CCNC(=NCc1nnc(C)n1C)NC1CN(C(C)C)CC1C.I. The Balaban J connectivity index is 0.00000288. The van der Waals surface area contributed by atoms with Crippen LogP contribution in [0.25, 0.3) is 0 Å². The molecule has 1 aliphatic heterocycles. The Labute approximate surface area is 162 Å². The van der Waals surface area contributed by atoms with E-state index in [0.29, 0.717) is 24.5 Å². The number of aromatic nitrogens is 3. The largest absolute Gasteiger partial charge is 0.357 e. The van der Waals surface area contributed by atoms with Gasteiger partial charge < -0.3 is 15.2 Å². The summed E-state index contributed by atoms with van der Waals surface area (Å²) in [4.78, 5) is 7.19. The van der Waals surface area contributed by atoms with Crippen LogP contribution in [0.3, 0.4) is 0 Å². The molecule has 0 spiro atoms. The molecule has 2 heterocycles. The number of likely N-dealkylation sites (tertiary alicyclic amines) is 1. The Morgan fingerprint density at radius 2 is 2.04 bits per heavy atom. The summed E-state index contributed by atoms with van der Waals surface area (Å²) >= 11 is 0. The number of hydrogen-bond donors (Lipinski definition) is 2. The van der Waals surface area contributed by atoms with E-state index in [1.54, 1.807) is 0 Å². The molecule has 2 atom stereocenters. The highest BCUT2D eigenvalue weighted by Crippen LogP contribution is 2.18. The molecular weight excluding hydrogens is 417 g/mol. The fourth-order valence-electron chi connectivity index (χ4n) is 2.85. The molecule has 1 saturated heterocycles. The van der Waals surface area contributed by atoms with Crippen LogP contribution in [0.5, 0.6) is 0 Å². The molecule has 0 saturated carbocycles. The molecule has 2 N–H and O–H groups in total. The Kier molecular flexibility index (Phi) is 8.41. The minimum Gasteiger partial charge on any atom is -0.357 e. The topological polar surface area (TPSA) is 70.4 Å². The van der Waals surface area contributed by atoms with Crippen molar-refractivity contribution in [1.82, 2.24) is 30.3 Å². The van der Waals surface area contributed by atoms with Gasteiger partial charge in [0.2, 0.25) is 0 Å². The lowest BCUT2D eigenvalue weighted by Crippen LogP contribution is -2.46. The number of nitrogens with one attached hydrogen (secondary N) is 2. The molecular formula is C16H32IN7. The highest BCUT2D eigenvalue weighted by atomic mass is 127. The van der Waals surface area contributed by atoms with Gasteiger partial charge in [0.1, 0.15) is 12.4 Å². The predicted molar refractivity (Wildman–Crippen MR) is 109 cm³/mol. The molecule has 2 rings (SSSR count). The first kappa shape index (κ1) is 21.1. The zero-order valence-corrected chi connectivity index (χ0v) is 18.0. The molecule has 0 radical (unpaired) electrons. The molecule has 1 aliphatic rings. The maximum atomic E-state index is 4.68. The van der Waals surface area contributed by atoms with Gasteiger partial charge in [0.05, 0.1) is 0 Å². The Hall–Kier alpha value is -0.900. The van der Waals surface area contributed by atoms with Crippen molar-refractivity contribution in [3.05, 3.63) is 11.6 Å². The third-order valence-electron chi connectivity index (χ3n) is 4.60. The van der Waals surface area contributed by atoms with Crippen LogP contribution in [0.2, 0.25) is 0 Å². The van der Waals surface area contributed by atoms with Gasteiger partial charge >= 0.3 is 0 Å². The second-order valence-electron chi connectivity index (χ2n) is 6.69. The van der Waals surface area contributed by atoms with Gasteiger partial charge in [0, 0.05) is 38.8 Å². The first-order chi connectivity index (χ1) is 10.9. The number of rotatable bonds is 5. The van der Waals surface area contributed by atoms with Crippen molar-refractivity contribution in [2.45, 2.75) is 53.2 Å². The van der Waals surface area contributed by atoms with Crippen LogP contribution in [0.4, 0.5) is 0 Å². The second kappa shape index (κ2) is 9.55. The highest BCUT2D eigenvalue weighted by Gasteiger charge is 2.31. The third kappa shape index (κ3) is 5.30. The Morgan fingerprint density at radius 1 is 1.33 bits per heavy atom. The molecule has 7 nitrogen and oxygen atoms in total. The van der Waals surface area contributed by atoms with E-state index in [2.05, 4.69) is 58.4 Å². The molecule has 1 aromatic rings. The van der Waals surface area contributed by atoms with Crippen LogP contribution in [0.1, 0.15) is 39.3 Å². The Bertz CT molecular complexity index is 541. The van der Waals surface area contributed by atoms with Gasteiger partial charge in [-0.25, -0.2) is 4.99 Å². The van der Waals surface area contributed by atoms with Crippen LogP contribution in [0.15, 0.2) is 4.99 Å². The van der Waals surface area contributed by atoms with Gasteiger partial charge in [0.25, 0.3) is 0 Å². The molecule has 1 fully saturated rings. The normalized spacial score (nSPS) is 21.9. The molecule has 0 bridgehead atoms. The van der Waals surface area contributed by atoms with E-state index in [1.807, 2.05) is 18.5 Å². The van der Waals surface area contributed by atoms with E-state index < -0.39 is 0 Å². The average molecular weight is 449 g/mol. The van der Waals surface area contributed by atoms with Crippen molar-refractivity contribution >= 4 is 29.9 Å². The zero-order chi connectivity index (χ0) is 17.0. The van der Waals surface area contributed by atoms with Crippen LogP contribution >= 0.6 is 24.0 Å². The van der Waals surface area contributed by atoms with Gasteiger partial charge in [0.15, 0.2) is 11.8 Å². The van der Waals surface area contributed by atoms with E-state index in [0.717, 1.165) is 37.2 Å². The third-order valence-corrected chi connectivity index (χ3v) is 4.60. The minimum absolute atomic E-state index is 0.